The number of amides is 1. The summed E-state index contributed by atoms with van der Waals surface area (Å²) < 4.78 is 11.9. The zero-order valence-corrected chi connectivity index (χ0v) is 18.5. The fraction of sp³-hybridized carbons (Fsp3) is 0.348. The molecular formula is C23H28BrNO3. The number of rotatable bonds is 9. The van der Waals surface area contributed by atoms with Gasteiger partial charge in [0.15, 0.2) is 11.5 Å². The highest BCUT2D eigenvalue weighted by Gasteiger charge is 2.19. The van der Waals surface area contributed by atoms with Gasteiger partial charge in [-0.3, -0.25) is 4.79 Å². The molecule has 1 N–H and O–H groups in total. The molecule has 0 fully saturated rings. The van der Waals surface area contributed by atoms with Gasteiger partial charge in [-0.25, -0.2) is 0 Å². The van der Waals surface area contributed by atoms with Crippen molar-refractivity contribution in [2.24, 2.45) is 5.41 Å². The fourth-order valence-corrected chi connectivity index (χ4v) is 3.10. The maximum atomic E-state index is 12.2. The van der Waals surface area contributed by atoms with Crippen molar-refractivity contribution in [2.75, 3.05) is 20.3 Å². The maximum Gasteiger partial charge on any atom is 0.244 e. The summed E-state index contributed by atoms with van der Waals surface area (Å²) in [5, 5.41) is 2.99. The summed E-state index contributed by atoms with van der Waals surface area (Å²) >= 11 is 3.45. The molecule has 2 rings (SSSR count). The third-order valence-corrected chi connectivity index (χ3v) is 4.78. The van der Waals surface area contributed by atoms with Crippen LogP contribution >= 0.6 is 15.9 Å². The van der Waals surface area contributed by atoms with Gasteiger partial charge in [0.25, 0.3) is 0 Å². The number of carbonyl (C=O) groups excluding carboxylic acids is 1. The van der Waals surface area contributed by atoms with Gasteiger partial charge in [0.2, 0.25) is 5.91 Å². The first kappa shape index (κ1) is 22.0. The topological polar surface area (TPSA) is 47.6 Å². The summed E-state index contributed by atoms with van der Waals surface area (Å²) in [6.07, 6.45) is 4.21. The number of hydrogen-bond donors (Lipinski definition) is 1. The lowest BCUT2D eigenvalue weighted by Crippen LogP contribution is -2.34. The summed E-state index contributed by atoms with van der Waals surface area (Å²) in [4.78, 5) is 12.2. The van der Waals surface area contributed by atoms with Crippen molar-refractivity contribution < 1.29 is 14.3 Å². The quantitative estimate of drug-likeness (QED) is 0.535. The summed E-state index contributed by atoms with van der Waals surface area (Å²) in [6.45, 7) is 7.39. The molecule has 0 unspecified atom stereocenters. The number of carbonyl (C=O) groups is 1. The van der Waals surface area contributed by atoms with Crippen molar-refractivity contribution in [3.63, 3.8) is 0 Å². The predicted molar refractivity (Wildman–Crippen MR) is 118 cm³/mol. The van der Waals surface area contributed by atoms with Gasteiger partial charge in [0.1, 0.15) is 0 Å². The van der Waals surface area contributed by atoms with Crippen LogP contribution < -0.4 is 14.8 Å². The summed E-state index contributed by atoms with van der Waals surface area (Å²) in [5.74, 6) is 1.23. The highest BCUT2D eigenvalue weighted by Crippen LogP contribution is 2.28. The molecule has 0 heterocycles. The molecule has 0 atom stereocenters. The first-order chi connectivity index (χ1) is 13.3. The molecule has 0 bridgehead atoms. The number of hydrogen-bond acceptors (Lipinski definition) is 3. The Bertz CT molecular complexity index is 813. The zero-order valence-electron chi connectivity index (χ0n) is 16.9. The van der Waals surface area contributed by atoms with E-state index < -0.39 is 0 Å². The monoisotopic (exact) mass is 445 g/mol. The van der Waals surface area contributed by atoms with Crippen LogP contribution in [0.1, 0.15) is 31.9 Å². The molecule has 2 aromatic rings. The van der Waals surface area contributed by atoms with Crippen molar-refractivity contribution in [3.8, 4) is 11.5 Å². The summed E-state index contributed by atoms with van der Waals surface area (Å²) in [6, 6.07) is 13.9. The van der Waals surface area contributed by atoms with Crippen LogP contribution in [0.25, 0.3) is 6.08 Å². The molecule has 0 saturated carbocycles. The van der Waals surface area contributed by atoms with Gasteiger partial charge in [-0.2, -0.15) is 0 Å². The second-order valence-electron chi connectivity index (χ2n) is 7.36. The van der Waals surface area contributed by atoms with Crippen LogP contribution in [-0.2, 0) is 11.2 Å². The van der Waals surface area contributed by atoms with Crippen LogP contribution in [0, 0.1) is 5.41 Å². The normalized spacial score (nSPS) is 11.5. The lowest BCUT2D eigenvalue weighted by Gasteiger charge is -2.25. The molecule has 4 nitrogen and oxygen atoms in total. The Labute approximate surface area is 176 Å². The van der Waals surface area contributed by atoms with Gasteiger partial charge in [0.05, 0.1) is 13.7 Å². The Morgan fingerprint density at radius 2 is 1.86 bits per heavy atom. The summed E-state index contributed by atoms with van der Waals surface area (Å²) in [7, 11) is 1.60. The Morgan fingerprint density at radius 1 is 1.14 bits per heavy atom. The van der Waals surface area contributed by atoms with Gasteiger partial charge in [-0.05, 0) is 60.2 Å². The van der Waals surface area contributed by atoms with Crippen molar-refractivity contribution in [1.29, 1.82) is 0 Å². The molecule has 0 aliphatic carbocycles. The van der Waals surface area contributed by atoms with Crippen LogP contribution in [0.4, 0.5) is 0 Å². The minimum absolute atomic E-state index is 0.0420. The molecule has 2 aromatic carbocycles. The van der Waals surface area contributed by atoms with E-state index in [2.05, 4.69) is 47.2 Å². The lowest BCUT2D eigenvalue weighted by molar-refractivity contribution is -0.116. The molecule has 0 aliphatic rings. The minimum Gasteiger partial charge on any atom is -0.493 e. The van der Waals surface area contributed by atoms with E-state index in [1.165, 1.54) is 5.56 Å². The molecule has 28 heavy (non-hydrogen) atoms. The molecule has 0 spiro atoms. The van der Waals surface area contributed by atoms with Gasteiger partial charge in [-0.1, -0.05) is 48.0 Å². The van der Waals surface area contributed by atoms with E-state index in [0.717, 1.165) is 16.5 Å². The van der Waals surface area contributed by atoms with Crippen LogP contribution in [0.2, 0.25) is 0 Å². The second kappa shape index (κ2) is 10.3. The molecule has 0 aliphatic heterocycles. The third-order valence-electron chi connectivity index (χ3n) is 4.25. The molecule has 5 heteroatoms. The number of halogens is 1. The lowest BCUT2D eigenvalue weighted by atomic mass is 9.85. The van der Waals surface area contributed by atoms with E-state index in [-0.39, 0.29) is 11.3 Å². The van der Waals surface area contributed by atoms with Crippen LogP contribution in [0.15, 0.2) is 53.0 Å². The molecule has 0 radical (unpaired) electrons. The van der Waals surface area contributed by atoms with Crippen LogP contribution in [-0.4, -0.2) is 26.2 Å². The Balaban J connectivity index is 1.91. The standard InChI is InChI=1S/C23H28BrNO3/c1-5-28-20-12-8-17(14-21(20)27-4)9-13-22(26)25-16-23(2,3)15-18-6-10-19(24)11-7-18/h6-14H,5,15-16H2,1-4H3,(H,25,26)/b13-9+. The average molecular weight is 446 g/mol. The van der Waals surface area contributed by atoms with Crippen LogP contribution in [0.5, 0.6) is 11.5 Å². The molecule has 0 saturated heterocycles. The second-order valence-corrected chi connectivity index (χ2v) is 8.28. The smallest absolute Gasteiger partial charge is 0.244 e. The van der Waals surface area contributed by atoms with Gasteiger partial charge >= 0.3 is 0 Å². The Morgan fingerprint density at radius 3 is 2.50 bits per heavy atom. The van der Waals surface area contributed by atoms with E-state index in [1.54, 1.807) is 19.3 Å². The predicted octanol–water partition coefficient (Wildman–Crippen LogP) is 5.25. The van der Waals surface area contributed by atoms with E-state index >= 15 is 0 Å². The Kier molecular flexibility index (Phi) is 8.12. The first-order valence-corrected chi connectivity index (χ1v) is 10.1. The van der Waals surface area contributed by atoms with Crippen molar-refractivity contribution in [2.45, 2.75) is 27.2 Å². The van der Waals surface area contributed by atoms with Crippen LogP contribution in [0.3, 0.4) is 0 Å². The minimum atomic E-state index is -0.114. The van der Waals surface area contributed by atoms with Gasteiger partial charge < -0.3 is 14.8 Å². The highest BCUT2D eigenvalue weighted by atomic mass is 79.9. The van der Waals surface area contributed by atoms with E-state index in [0.29, 0.717) is 24.7 Å². The van der Waals surface area contributed by atoms with E-state index in [4.69, 9.17) is 9.47 Å². The fourth-order valence-electron chi connectivity index (χ4n) is 2.84. The molecule has 150 valence electrons. The number of benzene rings is 2. The zero-order chi connectivity index (χ0) is 20.6. The van der Waals surface area contributed by atoms with Crippen molar-refractivity contribution in [1.82, 2.24) is 5.32 Å². The first-order valence-electron chi connectivity index (χ1n) is 9.34. The van der Waals surface area contributed by atoms with Crippen molar-refractivity contribution >= 4 is 27.9 Å². The maximum absolute atomic E-state index is 12.2. The largest absolute Gasteiger partial charge is 0.493 e. The van der Waals surface area contributed by atoms with E-state index in [9.17, 15) is 4.79 Å². The van der Waals surface area contributed by atoms with Crippen molar-refractivity contribution in [3.05, 3.63) is 64.1 Å². The molecule has 1 amide bonds. The summed E-state index contributed by atoms with van der Waals surface area (Å²) in [5.41, 5.74) is 2.09. The molecular weight excluding hydrogens is 418 g/mol. The highest BCUT2D eigenvalue weighted by molar-refractivity contribution is 9.10. The van der Waals surface area contributed by atoms with Gasteiger partial charge in [0, 0.05) is 17.1 Å². The molecule has 0 aromatic heterocycles. The Hall–Kier alpha value is -2.27. The number of methoxy groups -OCH3 is 1. The third kappa shape index (κ3) is 7.04. The number of ether oxygens (including phenoxy) is 2. The van der Waals surface area contributed by atoms with E-state index in [1.807, 2.05) is 37.3 Å². The SMILES string of the molecule is CCOc1ccc(/C=C/C(=O)NCC(C)(C)Cc2ccc(Br)cc2)cc1OC. The number of nitrogens with one attached hydrogen (secondary N) is 1. The average Bonchev–Trinajstić information content (AvgIpc) is 2.67. The van der Waals surface area contributed by atoms with Gasteiger partial charge in [-0.15, -0.1) is 0 Å².